The Labute approximate surface area is 135 Å². The Hall–Kier alpha value is -1.46. The van der Waals surface area contributed by atoms with Gasteiger partial charge < -0.3 is 4.90 Å². The summed E-state index contributed by atoms with van der Waals surface area (Å²) in [5, 5.41) is 3.73. The zero-order chi connectivity index (χ0) is 15.0. The van der Waals surface area contributed by atoms with Crippen molar-refractivity contribution in [3.8, 4) is 0 Å². The number of hydrogen-bond donors (Lipinski definition) is 0. The van der Waals surface area contributed by atoms with Crippen LogP contribution in [0.2, 0.25) is 0 Å². The summed E-state index contributed by atoms with van der Waals surface area (Å²) in [5.74, 6) is 0.00667. The molecule has 2 heterocycles. The number of carbonyl (C=O) groups excluding carboxylic acids is 2. The normalized spacial score (nSPS) is 13.9. The molecule has 0 fully saturated rings. The quantitative estimate of drug-likeness (QED) is 0.755. The standard InChI is InChI=1S/C16H14BrNO2S/c1-10(19)18-5-2-3-11-7-14(17)13(8-15(11)18)16(20)12-4-6-21-9-12/h4,6-9H,2-3,5H2,1H3. The molecule has 0 bridgehead atoms. The van der Waals surface area contributed by atoms with Gasteiger partial charge in [0, 0.05) is 40.1 Å². The summed E-state index contributed by atoms with van der Waals surface area (Å²) in [5.41, 5.74) is 3.28. The molecule has 1 aliphatic heterocycles. The summed E-state index contributed by atoms with van der Waals surface area (Å²) in [6, 6.07) is 5.64. The minimum atomic E-state index is -0.0139. The molecule has 2 aromatic rings. The van der Waals surface area contributed by atoms with Crippen LogP contribution in [0, 0.1) is 0 Å². The second-order valence-electron chi connectivity index (χ2n) is 5.08. The molecule has 1 aliphatic rings. The predicted octanol–water partition coefficient (Wildman–Crippen LogP) is 4.04. The maximum atomic E-state index is 12.6. The number of carbonyl (C=O) groups is 2. The number of rotatable bonds is 2. The average Bonchev–Trinajstić information content (AvgIpc) is 2.99. The van der Waals surface area contributed by atoms with Crippen molar-refractivity contribution in [3.63, 3.8) is 0 Å². The van der Waals surface area contributed by atoms with E-state index in [1.807, 2.05) is 29.0 Å². The second kappa shape index (κ2) is 5.73. The summed E-state index contributed by atoms with van der Waals surface area (Å²) in [6.45, 7) is 2.29. The molecule has 0 spiro atoms. The van der Waals surface area contributed by atoms with E-state index in [0.717, 1.165) is 35.1 Å². The van der Waals surface area contributed by atoms with E-state index in [4.69, 9.17) is 0 Å². The lowest BCUT2D eigenvalue weighted by atomic mass is 9.97. The fourth-order valence-electron chi connectivity index (χ4n) is 2.65. The van der Waals surface area contributed by atoms with E-state index in [1.165, 1.54) is 11.3 Å². The van der Waals surface area contributed by atoms with E-state index < -0.39 is 0 Å². The third kappa shape index (κ3) is 2.68. The van der Waals surface area contributed by atoms with Crippen molar-refractivity contribution < 1.29 is 9.59 Å². The first-order chi connectivity index (χ1) is 10.1. The number of halogens is 1. The molecule has 5 heteroatoms. The van der Waals surface area contributed by atoms with Crippen molar-refractivity contribution in [3.05, 3.63) is 50.1 Å². The molecule has 21 heavy (non-hydrogen) atoms. The molecule has 0 saturated heterocycles. The van der Waals surface area contributed by atoms with Gasteiger partial charge in [-0.1, -0.05) is 15.9 Å². The smallest absolute Gasteiger partial charge is 0.223 e. The lowest BCUT2D eigenvalue weighted by Gasteiger charge is -2.29. The Kier molecular flexibility index (Phi) is 3.95. The van der Waals surface area contributed by atoms with Crippen LogP contribution in [-0.4, -0.2) is 18.2 Å². The van der Waals surface area contributed by atoms with Crippen LogP contribution in [0.3, 0.4) is 0 Å². The molecule has 0 radical (unpaired) electrons. The van der Waals surface area contributed by atoms with Crippen molar-refractivity contribution in [1.29, 1.82) is 0 Å². The van der Waals surface area contributed by atoms with Gasteiger partial charge in [-0.25, -0.2) is 0 Å². The van der Waals surface area contributed by atoms with Crippen LogP contribution in [0.4, 0.5) is 5.69 Å². The van der Waals surface area contributed by atoms with Gasteiger partial charge in [0.1, 0.15) is 0 Å². The molecule has 3 rings (SSSR count). The van der Waals surface area contributed by atoms with Gasteiger partial charge in [-0.2, -0.15) is 11.3 Å². The minimum Gasteiger partial charge on any atom is -0.312 e. The van der Waals surface area contributed by atoms with Crippen LogP contribution in [0.25, 0.3) is 0 Å². The maximum absolute atomic E-state index is 12.6. The number of anilines is 1. The molecule has 1 aromatic carbocycles. The maximum Gasteiger partial charge on any atom is 0.223 e. The number of thiophene rings is 1. The van der Waals surface area contributed by atoms with Crippen LogP contribution < -0.4 is 4.90 Å². The number of nitrogens with zero attached hydrogens (tertiary/aromatic N) is 1. The van der Waals surface area contributed by atoms with Gasteiger partial charge in [-0.15, -0.1) is 0 Å². The zero-order valence-electron chi connectivity index (χ0n) is 11.6. The van der Waals surface area contributed by atoms with Crippen molar-refractivity contribution in [2.45, 2.75) is 19.8 Å². The van der Waals surface area contributed by atoms with Crippen LogP contribution in [0.15, 0.2) is 33.4 Å². The van der Waals surface area contributed by atoms with Crippen molar-refractivity contribution in [2.24, 2.45) is 0 Å². The van der Waals surface area contributed by atoms with E-state index in [0.29, 0.717) is 11.1 Å². The van der Waals surface area contributed by atoms with Gasteiger partial charge in [0.15, 0.2) is 5.78 Å². The van der Waals surface area contributed by atoms with E-state index in [9.17, 15) is 9.59 Å². The first-order valence-corrected chi connectivity index (χ1v) is 8.49. The Bertz CT molecular complexity index is 709. The highest BCUT2D eigenvalue weighted by Crippen LogP contribution is 2.33. The fourth-order valence-corrected chi connectivity index (χ4v) is 3.86. The van der Waals surface area contributed by atoms with E-state index >= 15 is 0 Å². The molecule has 1 aromatic heterocycles. The first kappa shape index (κ1) is 14.5. The lowest BCUT2D eigenvalue weighted by molar-refractivity contribution is -0.116. The van der Waals surface area contributed by atoms with Gasteiger partial charge >= 0.3 is 0 Å². The SMILES string of the molecule is CC(=O)N1CCCc2cc(Br)c(C(=O)c3ccsc3)cc21. The van der Waals surface area contributed by atoms with Crippen LogP contribution >= 0.6 is 27.3 Å². The van der Waals surface area contributed by atoms with Crippen LogP contribution in [0.5, 0.6) is 0 Å². The van der Waals surface area contributed by atoms with Gasteiger partial charge in [0.25, 0.3) is 0 Å². The fraction of sp³-hybridized carbons (Fsp3) is 0.250. The molecular formula is C16H14BrNO2S. The largest absolute Gasteiger partial charge is 0.312 e. The summed E-state index contributed by atoms with van der Waals surface area (Å²) < 4.78 is 0.794. The first-order valence-electron chi connectivity index (χ1n) is 6.75. The van der Waals surface area contributed by atoms with Crippen LogP contribution in [-0.2, 0) is 11.2 Å². The second-order valence-corrected chi connectivity index (χ2v) is 6.71. The number of benzene rings is 1. The molecule has 3 nitrogen and oxygen atoms in total. The number of fused-ring (bicyclic) bond motifs is 1. The Balaban J connectivity index is 2.09. The highest BCUT2D eigenvalue weighted by molar-refractivity contribution is 9.10. The molecular weight excluding hydrogens is 350 g/mol. The van der Waals surface area contributed by atoms with Gasteiger partial charge in [-0.05, 0) is 42.0 Å². The predicted molar refractivity (Wildman–Crippen MR) is 88.2 cm³/mol. The molecule has 0 unspecified atom stereocenters. The Morgan fingerprint density at radius 1 is 1.33 bits per heavy atom. The van der Waals surface area contributed by atoms with E-state index in [2.05, 4.69) is 15.9 Å². The monoisotopic (exact) mass is 363 g/mol. The minimum absolute atomic E-state index is 0.0139. The molecule has 108 valence electrons. The number of amides is 1. The summed E-state index contributed by atoms with van der Waals surface area (Å²) in [6.07, 6.45) is 1.89. The lowest BCUT2D eigenvalue weighted by Crippen LogP contribution is -2.33. The molecule has 0 atom stereocenters. The number of aryl methyl sites for hydroxylation is 1. The molecule has 0 N–H and O–H groups in total. The molecule has 0 saturated carbocycles. The Morgan fingerprint density at radius 2 is 2.14 bits per heavy atom. The molecule has 0 aliphatic carbocycles. The van der Waals surface area contributed by atoms with Gasteiger partial charge in [-0.3, -0.25) is 9.59 Å². The van der Waals surface area contributed by atoms with Gasteiger partial charge in [0.05, 0.1) is 0 Å². The average molecular weight is 364 g/mol. The van der Waals surface area contributed by atoms with Crippen molar-refractivity contribution in [2.75, 3.05) is 11.4 Å². The summed E-state index contributed by atoms with van der Waals surface area (Å²) in [7, 11) is 0. The third-order valence-corrected chi connectivity index (χ3v) is 5.03. The number of hydrogen-bond acceptors (Lipinski definition) is 3. The highest BCUT2D eigenvalue weighted by atomic mass is 79.9. The topological polar surface area (TPSA) is 37.4 Å². The molecule has 1 amide bonds. The third-order valence-electron chi connectivity index (χ3n) is 3.70. The van der Waals surface area contributed by atoms with E-state index in [1.54, 1.807) is 11.8 Å². The summed E-state index contributed by atoms with van der Waals surface area (Å²) >= 11 is 5.00. The van der Waals surface area contributed by atoms with Crippen molar-refractivity contribution in [1.82, 2.24) is 0 Å². The number of ketones is 1. The van der Waals surface area contributed by atoms with Crippen LogP contribution in [0.1, 0.15) is 34.8 Å². The van der Waals surface area contributed by atoms with Crippen molar-refractivity contribution >= 4 is 44.6 Å². The van der Waals surface area contributed by atoms with Gasteiger partial charge in [0.2, 0.25) is 5.91 Å². The Morgan fingerprint density at radius 3 is 2.81 bits per heavy atom. The van der Waals surface area contributed by atoms with E-state index in [-0.39, 0.29) is 11.7 Å². The zero-order valence-corrected chi connectivity index (χ0v) is 14.0. The highest BCUT2D eigenvalue weighted by Gasteiger charge is 2.23. The summed E-state index contributed by atoms with van der Waals surface area (Å²) in [4.78, 5) is 26.1.